The van der Waals surface area contributed by atoms with Gasteiger partial charge in [0.05, 0.1) is 4.90 Å². The summed E-state index contributed by atoms with van der Waals surface area (Å²) in [6.07, 6.45) is 0. The molecule has 26 heavy (non-hydrogen) atoms. The van der Waals surface area contributed by atoms with Gasteiger partial charge in [-0.1, -0.05) is 18.2 Å². The summed E-state index contributed by atoms with van der Waals surface area (Å²) in [6, 6.07) is 11.4. The van der Waals surface area contributed by atoms with Crippen LogP contribution in [0, 0.1) is 5.82 Å². The van der Waals surface area contributed by atoms with Crippen LogP contribution in [0.15, 0.2) is 53.4 Å². The molecule has 0 radical (unpaired) electrons. The molecule has 2 aromatic rings. The fraction of sp³-hybridized carbons (Fsp3) is 0.278. The van der Waals surface area contributed by atoms with Gasteiger partial charge < -0.3 is 10.2 Å². The molecule has 0 saturated carbocycles. The third kappa shape index (κ3) is 5.91. The molecule has 140 valence electrons. The molecule has 2 N–H and O–H groups in total. The molecule has 6 nitrogen and oxygen atoms in total. The van der Waals surface area contributed by atoms with Gasteiger partial charge in [0.15, 0.2) is 0 Å². The van der Waals surface area contributed by atoms with Gasteiger partial charge in [0, 0.05) is 25.2 Å². The van der Waals surface area contributed by atoms with E-state index >= 15 is 0 Å². The molecule has 0 aliphatic rings. The standard InChI is InChI=1S/C18H22FN3O3S/c1-22(2)11-10-20-18(23)15-4-3-5-17(12-15)26(24,25)21-13-14-6-8-16(19)9-7-14/h3-9,12,21H,10-11,13H2,1-2H3,(H,20,23). The van der Waals surface area contributed by atoms with Crippen molar-refractivity contribution in [1.29, 1.82) is 0 Å². The zero-order valence-electron chi connectivity index (χ0n) is 14.7. The fourth-order valence-corrected chi connectivity index (χ4v) is 3.23. The van der Waals surface area contributed by atoms with Gasteiger partial charge in [-0.25, -0.2) is 17.5 Å². The first kappa shape index (κ1) is 20.0. The van der Waals surface area contributed by atoms with Crippen LogP contribution in [0.2, 0.25) is 0 Å². The summed E-state index contributed by atoms with van der Waals surface area (Å²) in [7, 11) is -0.000571. The molecule has 0 spiro atoms. The molecule has 2 aromatic carbocycles. The number of nitrogens with one attached hydrogen (secondary N) is 2. The van der Waals surface area contributed by atoms with Gasteiger partial charge in [-0.2, -0.15) is 0 Å². The third-order valence-corrected chi connectivity index (χ3v) is 5.03. The number of amides is 1. The molecule has 0 aromatic heterocycles. The van der Waals surface area contributed by atoms with Crippen molar-refractivity contribution in [2.24, 2.45) is 0 Å². The van der Waals surface area contributed by atoms with E-state index in [0.29, 0.717) is 18.7 Å². The van der Waals surface area contributed by atoms with Gasteiger partial charge in [-0.15, -0.1) is 0 Å². The number of rotatable bonds is 8. The highest BCUT2D eigenvalue weighted by molar-refractivity contribution is 7.89. The molecular weight excluding hydrogens is 357 g/mol. The Morgan fingerprint density at radius 3 is 2.46 bits per heavy atom. The van der Waals surface area contributed by atoms with Gasteiger partial charge >= 0.3 is 0 Å². The zero-order valence-corrected chi connectivity index (χ0v) is 15.5. The maximum Gasteiger partial charge on any atom is 0.251 e. The molecule has 0 atom stereocenters. The molecule has 0 aliphatic heterocycles. The van der Waals surface area contributed by atoms with Crippen LogP contribution in [-0.4, -0.2) is 46.4 Å². The maximum absolute atomic E-state index is 12.9. The van der Waals surface area contributed by atoms with E-state index < -0.39 is 10.0 Å². The van der Waals surface area contributed by atoms with Gasteiger partial charge in [0.1, 0.15) is 5.82 Å². The van der Waals surface area contributed by atoms with E-state index in [1.54, 1.807) is 6.07 Å². The fourth-order valence-electron chi connectivity index (χ4n) is 2.16. The highest BCUT2D eigenvalue weighted by atomic mass is 32.2. The summed E-state index contributed by atoms with van der Waals surface area (Å²) >= 11 is 0. The molecule has 0 unspecified atom stereocenters. The molecule has 8 heteroatoms. The number of nitrogens with zero attached hydrogens (tertiary/aromatic N) is 1. The molecular formula is C18H22FN3O3S. The predicted molar refractivity (Wildman–Crippen MR) is 97.8 cm³/mol. The second kappa shape index (κ2) is 8.88. The van der Waals surface area contributed by atoms with Gasteiger partial charge in [0.25, 0.3) is 5.91 Å². The first-order chi connectivity index (χ1) is 12.3. The summed E-state index contributed by atoms with van der Waals surface area (Å²) in [4.78, 5) is 14.1. The lowest BCUT2D eigenvalue weighted by Gasteiger charge is -2.11. The Labute approximate surface area is 153 Å². The van der Waals surface area contributed by atoms with Crippen LogP contribution in [0.5, 0.6) is 0 Å². The van der Waals surface area contributed by atoms with Crippen molar-refractivity contribution in [3.05, 3.63) is 65.5 Å². The maximum atomic E-state index is 12.9. The number of hydrogen-bond acceptors (Lipinski definition) is 4. The minimum absolute atomic E-state index is 0.000119. The quantitative estimate of drug-likeness (QED) is 0.730. The Morgan fingerprint density at radius 2 is 1.81 bits per heavy atom. The van der Waals surface area contributed by atoms with Crippen molar-refractivity contribution in [2.75, 3.05) is 27.2 Å². The van der Waals surface area contributed by atoms with Crippen LogP contribution >= 0.6 is 0 Å². The summed E-state index contributed by atoms with van der Waals surface area (Å²) in [6.45, 7) is 1.18. The smallest absolute Gasteiger partial charge is 0.251 e. The van der Waals surface area contributed by atoms with E-state index in [0.717, 1.165) is 0 Å². The van der Waals surface area contributed by atoms with Crippen LogP contribution in [-0.2, 0) is 16.6 Å². The normalized spacial score (nSPS) is 11.5. The Balaban J connectivity index is 2.04. The van der Waals surface area contributed by atoms with Gasteiger partial charge in [-0.05, 0) is 50.0 Å². The monoisotopic (exact) mass is 379 g/mol. The highest BCUT2D eigenvalue weighted by Gasteiger charge is 2.16. The van der Waals surface area contributed by atoms with Gasteiger partial charge in [0.2, 0.25) is 10.0 Å². The van der Waals surface area contributed by atoms with Crippen molar-refractivity contribution in [3.63, 3.8) is 0 Å². The Bertz CT molecular complexity index is 852. The van der Waals surface area contributed by atoms with Crippen molar-refractivity contribution in [1.82, 2.24) is 14.9 Å². The molecule has 0 aliphatic carbocycles. The summed E-state index contributed by atoms with van der Waals surface area (Å²) in [5, 5.41) is 2.74. The van der Waals surface area contributed by atoms with E-state index in [-0.39, 0.29) is 28.7 Å². The van der Waals surface area contributed by atoms with Crippen molar-refractivity contribution in [3.8, 4) is 0 Å². The van der Waals surface area contributed by atoms with Crippen LogP contribution < -0.4 is 10.0 Å². The lowest BCUT2D eigenvalue weighted by atomic mass is 10.2. The second-order valence-corrected chi connectivity index (χ2v) is 7.80. The number of likely N-dealkylation sites (N-methyl/N-ethyl adjacent to an activating group) is 1. The minimum atomic E-state index is -3.79. The van der Waals surface area contributed by atoms with E-state index in [1.165, 1.54) is 42.5 Å². The number of carbonyl (C=O) groups is 1. The summed E-state index contributed by atoms with van der Waals surface area (Å²) in [5.41, 5.74) is 0.904. The van der Waals surface area contributed by atoms with Crippen LogP contribution in [0.1, 0.15) is 15.9 Å². The molecule has 0 fully saturated rings. The topological polar surface area (TPSA) is 78.5 Å². The molecule has 2 rings (SSSR count). The molecule has 0 bridgehead atoms. The Morgan fingerprint density at radius 1 is 1.12 bits per heavy atom. The lowest BCUT2D eigenvalue weighted by molar-refractivity contribution is 0.0951. The van der Waals surface area contributed by atoms with Crippen LogP contribution in [0.3, 0.4) is 0 Å². The number of carbonyl (C=O) groups excluding carboxylic acids is 1. The first-order valence-corrected chi connectivity index (χ1v) is 9.53. The average Bonchev–Trinajstić information content (AvgIpc) is 2.61. The number of halogens is 1. The minimum Gasteiger partial charge on any atom is -0.351 e. The van der Waals surface area contributed by atoms with Crippen molar-refractivity contribution >= 4 is 15.9 Å². The number of hydrogen-bond donors (Lipinski definition) is 2. The lowest BCUT2D eigenvalue weighted by Crippen LogP contribution is -2.31. The number of benzene rings is 2. The van der Waals surface area contributed by atoms with Gasteiger partial charge in [-0.3, -0.25) is 4.79 Å². The molecule has 0 saturated heterocycles. The summed E-state index contributed by atoms with van der Waals surface area (Å²) < 4.78 is 40.2. The van der Waals surface area contributed by atoms with Crippen molar-refractivity contribution < 1.29 is 17.6 Å². The van der Waals surface area contributed by atoms with Crippen LogP contribution in [0.25, 0.3) is 0 Å². The first-order valence-electron chi connectivity index (χ1n) is 8.05. The van der Waals surface area contributed by atoms with E-state index in [2.05, 4.69) is 10.0 Å². The molecule has 0 heterocycles. The van der Waals surface area contributed by atoms with E-state index in [9.17, 15) is 17.6 Å². The largest absolute Gasteiger partial charge is 0.351 e. The SMILES string of the molecule is CN(C)CCNC(=O)c1cccc(S(=O)(=O)NCc2ccc(F)cc2)c1. The van der Waals surface area contributed by atoms with Crippen molar-refractivity contribution in [2.45, 2.75) is 11.4 Å². The average molecular weight is 379 g/mol. The second-order valence-electron chi connectivity index (χ2n) is 6.04. The predicted octanol–water partition coefficient (Wildman–Crippen LogP) is 1.60. The third-order valence-electron chi connectivity index (χ3n) is 3.63. The van der Waals surface area contributed by atoms with E-state index in [1.807, 2.05) is 19.0 Å². The Kier molecular flexibility index (Phi) is 6.84. The molecule has 1 amide bonds. The summed E-state index contributed by atoms with van der Waals surface area (Å²) in [5.74, 6) is -0.716. The van der Waals surface area contributed by atoms with E-state index in [4.69, 9.17) is 0 Å². The zero-order chi connectivity index (χ0) is 19.2. The highest BCUT2D eigenvalue weighted by Crippen LogP contribution is 2.12. The number of sulfonamides is 1. The van der Waals surface area contributed by atoms with Crippen LogP contribution in [0.4, 0.5) is 4.39 Å². The Hall–Kier alpha value is -2.29.